The minimum atomic E-state index is -0.788. The summed E-state index contributed by atoms with van der Waals surface area (Å²) in [7, 11) is 0. The predicted molar refractivity (Wildman–Crippen MR) is 62.6 cm³/mol. The summed E-state index contributed by atoms with van der Waals surface area (Å²) >= 11 is 0. The topological polar surface area (TPSA) is 50.4 Å². The third-order valence-corrected chi connectivity index (χ3v) is 3.21. The van der Waals surface area contributed by atoms with Crippen LogP contribution in [0.2, 0.25) is 0 Å². The number of hydrogen-bond acceptors (Lipinski definition) is 2. The second-order valence-electron chi connectivity index (χ2n) is 4.50. The summed E-state index contributed by atoms with van der Waals surface area (Å²) in [6.45, 7) is 0. The highest BCUT2D eigenvalue weighted by molar-refractivity contribution is 5.75. The molecule has 2 aromatic rings. The number of carbonyl (C=O) groups is 1. The highest BCUT2D eigenvalue weighted by atomic mass is 19.1. The molecule has 1 aromatic heterocycles. The molecule has 1 aliphatic rings. The highest BCUT2D eigenvalue weighted by Gasteiger charge is 2.46. The van der Waals surface area contributed by atoms with E-state index in [0.29, 0.717) is 23.5 Å². The minimum Gasteiger partial charge on any atom is -0.481 e. The average Bonchev–Trinajstić information content (AvgIpc) is 3.00. The smallest absolute Gasteiger partial charge is 0.307 e. The monoisotopic (exact) mass is 246 g/mol. The maximum atomic E-state index is 13.1. The molecule has 1 aliphatic carbocycles. The van der Waals surface area contributed by atoms with E-state index in [9.17, 15) is 9.18 Å². The molecule has 3 nitrogen and oxygen atoms in total. The molecule has 0 spiro atoms. The molecule has 4 heteroatoms. The molecule has 0 radical (unpaired) electrons. The van der Waals surface area contributed by atoms with Gasteiger partial charge >= 0.3 is 5.97 Å². The number of carboxylic acids is 1. The van der Waals surface area contributed by atoms with Crippen LogP contribution in [0.1, 0.15) is 18.1 Å². The van der Waals surface area contributed by atoms with Crippen molar-refractivity contribution in [3.63, 3.8) is 0 Å². The average molecular weight is 246 g/mol. The van der Waals surface area contributed by atoms with Crippen molar-refractivity contribution in [1.29, 1.82) is 0 Å². The Kier molecular flexibility index (Phi) is 2.44. The zero-order chi connectivity index (χ0) is 12.7. The lowest BCUT2D eigenvalue weighted by Gasteiger charge is -1.97. The van der Waals surface area contributed by atoms with Gasteiger partial charge in [-0.1, -0.05) is 12.1 Å². The summed E-state index contributed by atoms with van der Waals surface area (Å²) < 4.78 is 18.7. The summed E-state index contributed by atoms with van der Waals surface area (Å²) in [4.78, 5) is 10.8. The fourth-order valence-corrected chi connectivity index (χ4v) is 2.13. The van der Waals surface area contributed by atoms with Gasteiger partial charge in [-0.25, -0.2) is 4.39 Å². The Morgan fingerprint density at radius 3 is 2.83 bits per heavy atom. The van der Waals surface area contributed by atoms with Crippen molar-refractivity contribution >= 4 is 5.97 Å². The number of halogens is 1. The number of rotatable bonds is 3. The van der Waals surface area contributed by atoms with Gasteiger partial charge in [0.15, 0.2) is 0 Å². The molecule has 18 heavy (non-hydrogen) atoms. The summed E-state index contributed by atoms with van der Waals surface area (Å²) in [5.41, 5.74) is 0.661. The molecule has 1 heterocycles. The van der Waals surface area contributed by atoms with E-state index in [4.69, 9.17) is 9.52 Å². The van der Waals surface area contributed by atoms with Gasteiger partial charge < -0.3 is 9.52 Å². The van der Waals surface area contributed by atoms with Crippen molar-refractivity contribution in [3.05, 3.63) is 48.0 Å². The third kappa shape index (κ3) is 1.90. The van der Waals surface area contributed by atoms with Gasteiger partial charge in [-0.3, -0.25) is 4.79 Å². The molecular weight excluding hydrogens is 235 g/mol. The SMILES string of the molecule is O=C(O)C1CC1c1ccc(-c2cccc(F)c2)o1. The zero-order valence-corrected chi connectivity index (χ0v) is 9.47. The maximum Gasteiger partial charge on any atom is 0.307 e. The van der Waals surface area contributed by atoms with E-state index in [1.54, 1.807) is 24.3 Å². The van der Waals surface area contributed by atoms with E-state index in [0.717, 1.165) is 0 Å². The molecule has 1 aromatic carbocycles. The summed E-state index contributed by atoms with van der Waals surface area (Å²) in [5.74, 6) is -0.243. The molecule has 2 atom stereocenters. The van der Waals surface area contributed by atoms with E-state index in [1.807, 2.05) is 0 Å². The maximum absolute atomic E-state index is 13.1. The molecule has 0 aliphatic heterocycles. The van der Waals surface area contributed by atoms with E-state index >= 15 is 0 Å². The molecule has 0 saturated heterocycles. The summed E-state index contributed by atoms with van der Waals surface area (Å²) in [6.07, 6.45) is 0.617. The van der Waals surface area contributed by atoms with Gasteiger partial charge in [0.2, 0.25) is 0 Å². The van der Waals surface area contributed by atoms with Gasteiger partial charge in [-0.05, 0) is 30.7 Å². The van der Waals surface area contributed by atoms with Crippen LogP contribution in [-0.2, 0) is 4.79 Å². The van der Waals surface area contributed by atoms with Gasteiger partial charge in [-0.15, -0.1) is 0 Å². The van der Waals surface area contributed by atoms with Crippen LogP contribution in [0.15, 0.2) is 40.8 Å². The van der Waals surface area contributed by atoms with Gasteiger partial charge in [0.25, 0.3) is 0 Å². The Balaban J connectivity index is 1.84. The normalized spacial score (nSPS) is 21.8. The van der Waals surface area contributed by atoms with Crippen LogP contribution in [-0.4, -0.2) is 11.1 Å². The van der Waals surface area contributed by atoms with E-state index in [1.165, 1.54) is 12.1 Å². The summed E-state index contributed by atoms with van der Waals surface area (Å²) in [6, 6.07) is 9.66. The molecule has 0 amide bonds. The van der Waals surface area contributed by atoms with Crippen LogP contribution in [0, 0.1) is 11.7 Å². The van der Waals surface area contributed by atoms with Gasteiger partial charge in [0, 0.05) is 11.5 Å². The Morgan fingerprint density at radius 2 is 2.17 bits per heavy atom. The number of benzene rings is 1. The van der Waals surface area contributed by atoms with Crippen LogP contribution in [0.5, 0.6) is 0 Å². The number of hydrogen-bond donors (Lipinski definition) is 1. The van der Waals surface area contributed by atoms with Crippen LogP contribution in [0.4, 0.5) is 4.39 Å². The standard InChI is InChI=1S/C14H11FO3/c15-9-3-1-2-8(6-9)12-4-5-13(18-12)10-7-11(10)14(16)17/h1-6,10-11H,7H2,(H,16,17). The van der Waals surface area contributed by atoms with E-state index < -0.39 is 5.97 Å². The van der Waals surface area contributed by atoms with Crippen molar-refractivity contribution in [1.82, 2.24) is 0 Å². The van der Waals surface area contributed by atoms with E-state index in [-0.39, 0.29) is 17.7 Å². The Hall–Kier alpha value is -2.10. The van der Waals surface area contributed by atoms with Crippen molar-refractivity contribution in [2.45, 2.75) is 12.3 Å². The minimum absolute atomic E-state index is 0.0372. The van der Waals surface area contributed by atoms with Crippen LogP contribution >= 0.6 is 0 Å². The molecule has 2 unspecified atom stereocenters. The first-order valence-corrected chi connectivity index (χ1v) is 5.73. The molecule has 3 rings (SSSR count). The molecule has 0 bridgehead atoms. The lowest BCUT2D eigenvalue weighted by molar-refractivity contribution is -0.138. The fourth-order valence-electron chi connectivity index (χ4n) is 2.13. The quantitative estimate of drug-likeness (QED) is 0.904. The first-order valence-electron chi connectivity index (χ1n) is 5.73. The largest absolute Gasteiger partial charge is 0.481 e. The Labute approximate surface area is 103 Å². The zero-order valence-electron chi connectivity index (χ0n) is 9.47. The highest BCUT2D eigenvalue weighted by Crippen LogP contribution is 2.48. The fraction of sp³-hybridized carbons (Fsp3) is 0.214. The number of aliphatic carboxylic acids is 1. The lowest BCUT2D eigenvalue weighted by Crippen LogP contribution is -1.98. The van der Waals surface area contributed by atoms with Crippen molar-refractivity contribution in [3.8, 4) is 11.3 Å². The first-order chi connectivity index (χ1) is 8.65. The first kappa shape index (κ1) is 11.0. The number of carboxylic acid groups (broad SMARTS) is 1. The Bertz CT molecular complexity index is 603. The molecular formula is C14H11FO3. The van der Waals surface area contributed by atoms with Crippen molar-refractivity contribution < 1.29 is 18.7 Å². The Morgan fingerprint density at radius 1 is 1.33 bits per heavy atom. The third-order valence-electron chi connectivity index (χ3n) is 3.21. The van der Waals surface area contributed by atoms with Gasteiger partial charge in [0.05, 0.1) is 5.92 Å². The molecule has 1 saturated carbocycles. The van der Waals surface area contributed by atoms with Crippen molar-refractivity contribution in [2.24, 2.45) is 5.92 Å². The van der Waals surface area contributed by atoms with Crippen LogP contribution < -0.4 is 0 Å². The van der Waals surface area contributed by atoms with Crippen molar-refractivity contribution in [2.75, 3.05) is 0 Å². The van der Waals surface area contributed by atoms with Crippen LogP contribution in [0.25, 0.3) is 11.3 Å². The lowest BCUT2D eigenvalue weighted by atomic mass is 10.2. The predicted octanol–water partition coefficient (Wildman–Crippen LogP) is 3.27. The molecule has 1 fully saturated rings. The molecule has 92 valence electrons. The van der Waals surface area contributed by atoms with Gasteiger partial charge in [0.1, 0.15) is 17.3 Å². The molecule has 1 N–H and O–H groups in total. The number of furan rings is 1. The second kappa shape index (κ2) is 3.98. The second-order valence-corrected chi connectivity index (χ2v) is 4.50. The van der Waals surface area contributed by atoms with Gasteiger partial charge in [-0.2, -0.15) is 0 Å². The summed E-state index contributed by atoms with van der Waals surface area (Å²) in [5, 5.41) is 8.85. The van der Waals surface area contributed by atoms with Crippen LogP contribution in [0.3, 0.4) is 0 Å². The van der Waals surface area contributed by atoms with E-state index in [2.05, 4.69) is 0 Å².